The minimum atomic E-state index is 0.675. The minimum Gasteiger partial charge on any atom is -0.399 e. The maximum atomic E-state index is 6.26. The van der Waals surface area contributed by atoms with Gasteiger partial charge in [0.15, 0.2) is 0 Å². The number of nitrogen functional groups attached to an aromatic ring is 1. The molecule has 0 unspecified atom stereocenters. The van der Waals surface area contributed by atoms with Crippen molar-refractivity contribution in [1.29, 1.82) is 0 Å². The molecule has 1 aliphatic heterocycles. The van der Waals surface area contributed by atoms with Gasteiger partial charge in [-0.25, -0.2) is 4.98 Å². The molecule has 0 amide bonds. The molecule has 162 valence electrons. The number of nitrogens with two attached hydrogens (primary N) is 1. The third kappa shape index (κ3) is 4.66. The molecule has 0 aliphatic carbocycles. The van der Waals surface area contributed by atoms with E-state index in [-0.39, 0.29) is 0 Å². The van der Waals surface area contributed by atoms with Crippen molar-refractivity contribution in [3.63, 3.8) is 0 Å². The smallest absolute Gasteiger partial charge is 0.131 e. The summed E-state index contributed by atoms with van der Waals surface area (Å²) in [5, 5.41) is 15.2. The van der Waals surface area contributed by atoms with Gasteiger partial charge in [0.1, 0.15) is 11.5 Å². The Bertz CT molecular complexity index is 1090. The highest BCUT2D eigenvalue weighted by Gasteiger charge is 2.16. The second-order valence-corrected chi connectivity index (χ2v) is 7.47. The fraction of sp³-hybridized carbons (Fsp3) is 0.364. The van der Waals surface area contributed by atoms with E-state index in [1.54, 1.807) is 19.5 Å². The molecule has 1 aliphatic rings. The first-order chi connectivity index (χ1) is 15.2. The van der Waals surface area contributed by atoms with Gasteiger partial charge < -0.3 is 21.3 Å². The van der Waals surface area contributed by atoms with Gasteiger partial charge in [-0.3, -0.25) is 15.1 Å². The number of hydrogen-bond donors (Lipinski definition) is 4. The third-order valence-corrected chi connectivity index (χ3v) is 5.21. The lowest BCUT2D eigenvalue weighted by atomic mass is 10.1. The van der Waals surface area contributed by atoms with Crippen LogP contribution in [0.2, 0.25) is 0 Å². The van der Waals surface area contributed by atoms with E-state index in [1.165, 1.54) is 0 Å². The number of aromatic nitrogens is 4. The number of H-pyrrole nitrogens is 1. The Hall–Kier alpha value is -3.46. The molecule has 9 heteroatoms. The zero-order valence-electron chi connectivity index (χ0n) is 18.0. The zero-order chi connectivity index (χ0) is 21.6. The van der Waals surface area contributed by atoms with Crippen molar-refractivity contribution in [3.05, 3.63) is 36.3 Å². The molecule has 0 aromatic carbocycles. The number of pyridine rings is 2. The fourth-order valence-corrected chi connectivity index (χ4v) is 3.69. The maximum Gasteiger partial charge on any atom is 0.131 e. The van der Waals surface area contributed by atoms with Gasteiger partial charge in [0.2, 0.25) is 0 Å². The Labute approximate surface area is 181 Å². The number of anilines is 2. The average molecular weight is 420 g/mol. The summed E-state index contributed by atoms with van der Waals surface area (Å²) in [5.74, 6) is 0.884. The molecule has 1 saturated heterocycles. The highest BCUT2D eigenvalue weighted by atomic mass is 15.2. The molecule has 1 fully saturated rings. The molecule has 3 aromatic heterocycles. The predicted molar refractivity (Wildman–Crippen MR) is 127 cm³/mol. The Morgan fingerprint density at radius 2 is 2.19 bits per heavy atom. The summed E-state index contributed by atoms with van der Waals surface area (Å²) in [6.07, 6.45) is 6.58. The number of allylic oxidation sites excluding steroid dienone is 1. The molecular formula is C22H29N9. The van der Waals surface area contributed by atoms with Crippen LogP contribution in [0.4, 0.5) is 11.5 Å². The lowest BCUT2D eigenvalue weighted by molar-refractivity contribution is 0.724. The molecule has 0 saturated carbocycles. The van der Waals surface area contributed by atoms with Crippen molar-refractivity contribution < 1.29 is 0 Å². The van der Waals surface area contributed by atoms with Crippen LogP contribution in [0, 0.1) is 0 Å². The molecule has 0 radical (unpaired) electrons. The van der Waals surface area contributed by atoms with Crippen molar-refractivity contribution in [1.82, 2.24) is 30.8 Å². The number of aromatic amines is 1. The lowest BCUT2D eigenvalue weighted by Crippen LogP contribution is -2.28. The Kier molecular flexibility index (Phi) is 6.42. The van der Waals surface area contributed by atoms with Gasteiger partial charge in [-0.15, -0.1) is 0 Å². The number of nitrogens with one attached hydrogen (secondary N) is 3. The zero-order valence-corrected chi connectivity index (χ0v) is 18.0. The van der Waals surface area contributed by atoms with Crippen LogP contribution >= 0.6 is 0 Å². The van der Waals surface area contributed by atoms with E-state index in [4.69, 9.17) is 10.7 Å². The van der Waals surface area contributed by atoms with Gasteiger partial charge in [0, 0.05) is 68.4 Å². The van der Waals surface area contributed by atoms with E-state index in [0.717, 1.165) is 78.5 Å². The highest BCUT2D eigenvalue weighted by molar-refractivity contribution is 6.10. The number of rotatable bonds is 6. The second kappa shape index (κ2) is 9.57. The first kappa shape index (κ1) is 20.8. The largest absolute Gasteiger partial charge is 0.399 e. The van der Waals surface area contributed by atoms with Crippen LogP contribution < -0.4 is 21.3 Å². The number of aliphatic imine (C=N–C) groups is 1. The summed E-state index contributed by atoms with van der Waals surface area (Å²) < 4.78 is 0. The minimum absolute atomic E-state index is 0.675. The number of fused-ring (bicyclic) bond motifs is 1. The first-order valence-corrected chi connectivity index (χ1v) is 10.6. The summed E-state index contributed by atoms with van der Waals surface area (Å²) in [4.78, 5) is 15.9. The van der Waals surface area contributed by atoms with Crippen LogP contribution in [-0.2, 0) is 0 Å². The summed E-state index contributed by atoms with van der Waals surface area (Å²) >= 11 is 0. The highest BCUT2D eigenvalue weighted by Crippen LogP contribution is 2.29. The molecule has 5 N–H and O–H groups in total. The number of hydrogen-bond acceptors (Lipinski definition) is 8. The average Bonchev–Trinajstić information content (AvgIpc) is 3.00. The third-order valence-electron chi connectivity index (χ3n) is 5.21. The summed E-state index contributed by atoms with van der Waals surface area (Å²) in [5.41, 5.74) is 11.0. The topological polar surface area (TPSA) is 120 Å². The Morgan fingerprint density at radius 3 is 3.03 bits per heavy atom. The van der Waals surface area contributed by atoms with E-state index >= 15 is 0 Å². The molecule has 0 spiro atoms. The lowest BCUT2D eigenvalue weighted by Gasteiger charge is -2.22. The van der Waals surface area contributed by atoms with Gasteiger partial charge in [-0.2, -0.15) is 5.10 Å². The second-order valence-electron chi connectivity index (χ2n) is 7.47. The van der Waals surface area contributed by atoms with Crippen LogP contribution in [0.5, 0.6) is 0 Å². The Morgan fingerprint density at radius 1 is 1.29 bits per heavy atom. The SMILES string of the molecule is CCN/C=C(\C=N/C)c1cc2c(-c3cc(N)cc(N4CCCNCC4)n3)n[nH]c2cn1. The predicted octanol–water partition coefficient (Wildman–Crippen LogP) is 2.05. The van der Waals surface area contributed by atoms with Crippen LogP contribution in [0.15, 0.2) is 35.6 Å². The van der Waals surface area contributed by atoms with Crippen LogP contribution in [0.25, 0.3) is 27.9 Å². The van der Waals surface area contributed by atoms with Crippen LogP contribution in [0.3, 0.4) is 0 Å². The molecule has 0 atom stereocenters. The molecular weight excluding hydrogens is 390 g/mol. The summed E-state index contributed by atoms with van der Waals surface area (Å²) in [6, 6.07) is 5.82. The van der Waals surface area contributed by atoms with Gasteiger partial charge in [0.25, 0.3) is 0 Å². The van der Waals surface area contributed by atoms with Crippen molar-refractivity contribution >= 4 is 34.2 Å². The standard InChI is InChI=1S/C22H29N9/c1-3-25-13-15(12-24-2)18-11-17-20(14-27-18)29-30-22(17)19-9-16(23)10-21(28-19)31-7-4-5-26-6-8-31/h9-14,25-26H,3-8H2,1-2H3,(H2,23,28)(H,29,30)/b15-13+,24-12-. The number of nitrogens with zero attached hydrogens (tertiary/aromatic N) is 5. The van der Waals surface area contributed by atoms with Crippen molar-refractivity contribution in [2.24, 2.45) is 4.99 Å². The van der Waals surface area contributed by atoms with Crippen molar-refractivity contribution in [2.45, 2.75) is 13.3 Å². The van der Waals surface area contributed by atoms with E-state index in [0.29, 0.717) is 5.69 Å². The molecule has 31 heavy (non-hydrogen) atoms. The molecule has 4 heterocycles. The summed E-state index contributed by atoms with van der Waals surface area (Å²) in [6.45, 7) is 6.68. The van der Waals surface area contributed by atoms with E-state index in [9.17, 15) is 0 Å². The quantitative estimate of drug-likeness (QED) is 0.451. The normalized spacial score (nSPS) is 15.5. The Balaban J connectivity index is 1.76. The van der Waals surface area contributed by atoms with Gasteiger partial charge in [-0.1, -0.05) is 0 Å². The molecule has 3 aromatic rings. The van der Waals surface area contributed by atoms with Gasteiger partial charge in [0.05, 0.1) is 23.1 Å². The van der Waals surface area contributed by atoms with Crippen LogP contribution in [0.1, 0.15) is 19.0 Å². The first-order valence-electron chi connectivity index (χ1n) is 10.6. The van der Waals surface area contributed by atoms with Gasteiger partial charge in [-0.05, 0) is 32.0 Å². The molecule has 4 rings (SSSR count). The molecule has 0 bridgehead atoms. The van der Waals surface area contributed by atoms with Crippen molar-refractivity contribution in [3.8, 4) is 11.4 Å². The van der Waals surface area contributed by atoms with E-state index in [2.05, 4.69) is 35.7 Å². The maximum absolute atomic E-state index is 6.26. The van der Waals surface area contributed by atoms with E-state index < -0.39 is 0 Å². The fourth-order valence-electron chi connectivity index (χ4n) is 3.69. The van der Waals surface area contributed by atoms with E-state index in [1.807, 2.05) is 31.3 Å². The van der Waals surface area contributed by atoms with Crippen molar-refractivity contribution in [2.75, 3.05) is 50.4 Å². The molecule has 9 nitrogen and oxygen atoms in total. The van der Waals surface area contributed by atoms with Gasteiger partial charge >= 0.3 is 0 Å². The monoisotopic (exact) mass is 419 g/mol. The van der Waals surface area contributed by atoms with Crippen LogP contribution in [-0.4, -0.2) is 66.2 Å². The summed E-state index contributed by atoms with van der Waals surface area (Å²) in [7, 11) is 1.75.